The lowest BCUT2D eigenvalue weighted by Crippen LogP contribution is -2.46. The Balaban J connectivity index is 2.17. The number of hydrogen-bond acceptors (Lipinski definition) is 3. The van der Waals surface area contributed by atoms with Gasteiger partial charge in [-0.25, -0.2) is 4.99 Å². The molecule has 1 N–H and O–H groups in total. The second-order valence-electron chi connectivity index (χ2n) is 6.41. The number of aryl methyl sites for hydroxylation is 1. The summed E-state index contributed by atoms with van der Waals surface area (Å²) in [7, 11) is 1.71. The smallest absolute Gasteiger partial charge is 0.194 e. The monoisotopic (exact) mass is 318 g/mol. The third kappa shape index (κ3) is 4.36. The van der Waals surface area contributed by atoms with E-state index in [0.717, 1.165) is 54.1 Å². The molecule has 0 amide bonds. The third-order valence-corrected chi connectivity index (χ3v) is 4.42. The molecular formula is C18H30N4O. The Morgan fingerprint density at radius 3 is 2.91 bits per heavy atom. The number of nitrogens with one attached hydrogen (secondary N) is 1. The molecule has 1 aliphatic rings. The predicted molar refractivity (Wildman–Crippen MR) is 95.0 cm³/mol. The SMILES string of the molecule is CCNC(=NCc1ncc(C)c(OC)c1C)N1CCCC(C)C1. The van der Waals surface area contributed by atoms with E-state index in [9.17, 15) is 0 Å². The second-order valence-corrected chi connectivity index (χ2v) is 6.41. The fourth-order valence-corrected chi connectivity index (χ4v) is 3.19. The van der Waals surface area contributed by atoms with Crippen LogP contribution < -0.4 is 10.1 Å². The molecule has 23 heavy (non-hydrogen) atoms. The summed E-state index contributed by atoms with van der Waals surface area (Å²) in [6.07, 6.45) is 4.42. The van der Waals surface area contributed by atoms with Crippen molar-refractivity contribution in [3.63, 3.8) is 0 Å². The Hall–Kier alpha value is -1.78. The van der Waals surface area contributed by atoms with Crippen LogP contribution in [0.3, 0.4) is 0 Å². The highest BCUT2D eigenvalue weighted by Gasteiger charge is 2.19. The molecule has 0 bridgehead atoms. The summed E-state index contributed by atoms with van der Waals surface area (Å²) in [5, 5.41) is 3.42. The van der Waals surface area contributed by atoms with Gasteiger partial charge in [-0.05, 0) is 39.5 Å². The number of rotatable bonds is 4. The van der Waals surface area contributed by atoms with E-state index in [1.807, 2.05) is 13.1 Å². The Labute approximate surface area is 140 Å². The number of likely N-dealkylation sites (tertiary alicyclic amines) is 1. The van der Waals surface area contributed by atoms with Gasteiger partial charge in [0.25, 0.3) is 0 Å². The number of guanidine groups is 1. The van der Waals surface area contributed by atoms with Crippen LogP contribution in [0, 0.1) is 19.8 Å². The van der Waals surface area contributed by atoms with Gasteiger partial charge in [0.05, 0.1) is 19.3 Å². The maximum Gasteiger partial charge on any atom is 0.194 e. The van der Waals surface area contributed by atoms with Crippen LogP contribution in [0.5, 0.6) is 5.75 Å². The number of aromatic nitrogens is 1. The van der Waals surface area contributed by atoms with Crippen molar-refractivity contribution in [2.45, 2.75) is 47.1 Å². The van der Waals surface area contributed by atoms with E-state index in [0.29, 0.717) is 6.54 Å². The van der Waals surface area contributed by atoms with Gasteiger partial charge in [-0.1, -0.05) is 6.92 Å². The highest BCUT2D eigenvalue weighted by Crippen LogP contribution is 2.24. The lowest BCUT2D eigenvalue weighted by Gasteiger charge is -2.33. The summed E-state index contributed by atoms with van der Waals surface area (Å²) in [6.45, 7) is 12.1. The zero-order valence-corrected chi connectivity index (χ0v) is 15.1. The van der Waals surface area contributed by atoms with Crippen LogP contribution in [0.25, 0.3) is 0 Å². The fourth-order valence-electron chi connectivity index (χ4n) is 3.19. The molecule has 5 heteroatoms. The van der Waals surface area contributed by atoms with Gasteiger partial charge in [0.1, 0.15) is 5.75 Å². The standard InChI is InChI=1S/C18H30N4O/c1-6-19-18(22-9-7-8-13(2)12-22)21-11-16-15(4)17(23-5)14(3)10-20-16/h10,13H,6-9,11-12H2,1-5H3,(H,19,21). The molecule has 1 saturated heterocycles. The molecule has 1 aliphatic heterocycles. The van der Waals surface area contributed by atoms with Crippen molar-refractivity contribution < 1.29 is 4.74 Å². The van der Waals surface area contributed by atoms with Crippen molar-refractivity contribution in [2.75, 3.05) is 26.7 Å². The number of methoxy groups -OCH3 is 1. The molecule has 1 fully saturated rings. The minimum absolute atomic E-state index is 0.579. The molecular weight excluding hydrogens is 288 g/mol. The van der Waals surface area contributed by atoms with Gasteiger partial charge in [0, 0.05) is 37.0 Å². The number of piperidine rings is 1. The van der Waals surface area contributed by atoms with Gasteiger partial charge in [-0.2, -0.15) is 0 Å². The molecule has 128 valence electrons. The topological polar surface area (TPSA) is 49.8 Å². The summed E-state index contributed by atoms with van der Waals surface area (Å²) >= 11 is 0. The summed E-state index contributed by atoms with van der Waals surface area (Å²) in [4.78, 5) is 11.7. The summed E-state index contributed by atoms with van der Waals surface area (Å²) in [6, 6.07) is 0. The molecule has 0 radical (unpaired) electrons. The quantitative estimate of drug-likeness (QED) is 0.685. The van der Waals surface area contributed by atoms with Crippen LogP contribution in [-0.2, 0) is 6.54 Å². The van der Waals surface area contributed by atoms with E-state index in [1.165, 1.54) is 12.8 Å². The van der Waals surface area contributed by atoms with Gasteiger partial charge in [0.15, 0.2) is 5.96 Å². The molecule has 0 aromatic carbocycles. The van der Waals surface area contributed by atoms with Crippen LogP contribution in [0.2, 0.25) is 0 Å². The van der Waals surface area contributed by atoms with Gasteiger partial charge >= 0.3 is 0 Å². The normalized spacial score (nSPS) is 18.9. The van der Waals surface area contributed by atoms with Gasteiger partial charge in [0.2, 0.25) is 0 Å². The zero-order chi connectivity index (χ0) is 16.8. The molecule has 2 rings (SSSR count). The van der Waals surface area contributed by atoms with Crippen molar-refractivity contribution >= 4 is 5.96 Å². The molecule has 1 aromatic heterocycles. The number of ether oxygens (including phenoxy) is 1. The highest BCUT2D eigenvalue weighted by atomic mass is 16.5. The number of hydrogen-bond donors (Lipinski definition) is 1. The molecule has 0 spiro atoms. The van der Waals surface area contributed by atoms with Crippen LogP contribution in [-0.4, -0.2) is 42.6 Å². The van der Waals surface area contributed by atoms with Gasteiger partial charge < -0.3 is 15.0 Å². The number of nitrogens with zero attached hydrogens (tertiary/aromatic N) is 3. The zero-order valence-electron chi connectivity index (χ0n) is 15.1. The second kappa shape index (κ2) is 8.18. The van der Waals surface area contributed by atoms with E-state index in [2.05, 4.69) is 36.0 Å². The maximum absolute atomic E-state index is 5.49. The molecule has 1 aromatic rings. The third-order valence-electron chi connectivity index (χ3n) is 4.42. The maximum atomic E-state index is 5.49. The van der Waals surface area contributed by atoms with Crippen molar-refractivity contribution in [3.05, 3.63) is 23.0 Å². The van der Waals surface area contributed by atoms with E-state index >= 15 is 0 Å². The highest BCUT2D eigenvalue weighted by molar-refractivity contribution is 5.80. The van der Waals surface area contributed by atoms with Gasteiger partial charge in [-0.15, -0.1) is 0 Å². The fraction of sp³-hybridized carbons (Fsp3) is 0.667. The predicted octanol–water partition coefficient (Wildman–Crippen LogP) is 2.90. The van der Waals surface area contributed by atoms with Crippen LogP contribution in [0.15, 0.2) is 11.2 Å². The molecule has 5 nitrogen and oxygen atoms in total. The first-order valence-electron chi connectivity index (χ1n) is 8.59. The average molecular weight is 318 g/mol. The molecule has 0 aliphatic carbocycles. The largest absolute Gasteiger partial charge is 0.496 e. The van der Waals surface area contributed by atoms with Crippen molar-refractivity contribution in [2.24, 2.45) is 10.9 Å². The molecule has 2 heterocycles. The lowest BCUT2D eigenvalue weighted by atomic mass is 10.0. The number of pyridine rings is 1. The molecule has 1 atom stereocenters. The Morgan fingerprint density at radius 1 is 1.48 bits per heavy atom. The van der Waals surface area contributed by atoms with Crippen LogP contribution in [0.4, 0.5) is 0 Å². The summed E-state index contributed by atoms with van der Waals surface area (Å²) in [5.74, 6) is 2.65. The van der Waals surface area contributed by atoms with E-state index in [1.54, 1.807) is 7.11 Å². The Morgan fingerprint density at radius 2 is 2.26 bits per heavy atom. The number of aliphatic imine (C=N–C) groups is 1. The minimum atomic E-state index is 0.579. The first-order valence-corrected chi connectivity index (χ1v) is 8.59. The molecule has 0 saturated carbocycles. The van der Waals surface area contributed by atoms with E-state index in [-0.39, 0.29) is 0 Å². The Kier molecular flexibility index (Phi) is 6.25. The van der Waals surface area contributed by atoms with E-state index < -0.39 is 0 Å². The summed E-state index contributed by atoms with van der Waals surface area (Å²) in [5.41, 5.74) is 3.13. The first-order chi connectivity index (χ1) is 11.1. The van der Waals surface area contributed by atoms with Crippen molar-refractivity contribution in [3.8, 4) is 5.75 Å². The Bertz CT molecular complexity index is 556. The lowest BCUT2D eigenvalue weighted by molar-refractivity contribution is 0.266. The van der Waals surface area contributed by atoms with E-state index in [4.69, 9.17) is 9.73 Å². The summed E-state index contributed by atoms with van der Waals surface area (Å²) < 4.78 is 5.49. The first kappa shape index (κ1) is 17.6. The van der Waals surface area contributed by atoms with Crippen LogP contribution in [0.1, 0.15) is 43.5 Å². The van der Waals surface area contributed by atoms with Crippen molar-refractivity contribution in [1.82, 2.24) is 15.2 Å². The van der Waals surface area contributed by atoms with Gasteiger partial charge in [-0.3, -0.25) is 4.98 Å². The average Bonchev–Trinajstić information content (AvgIpc) is 2.53. The van der Waals surface area contributed by atoms with Crippen molar-refractivity contribution in [1.29, 1.82) is 0 Å². The minimum Gasteiger partial charge on any atom is -0.496 e. The van der Waals surface area contributed by atoms with Crippen LogP contribution >= 0.6 is 0 Å². The molecule has 1 unspecified atom stereocenters.